The maximum absolute atomic E-state index is 11.5. The number of fused-ring (bicyclic) bond motifs is 1. The van der Waals surface area contributed by atoms with Crippen LogP contribution in [-0.4, -0.2) is 23.2 Å². The van der Waals surface area contributed by atoms with Crippen molar-refractivity contribution in [1.82, 2.24) is 4.98 Å². The highest BCUT2D eigenvalue weighted by Crippen LogP contribution is 2.38. The minimum atomic E-state index is -1.02. The lowest BCUT2D eigenvalue weighted by molar-refractivity contribution is 0.0693. The Labute approximate surface area is 121 Å². The van der Waals surface area contributed by atoms with E-state index in [0.717, 1.165) is 16.5 Å². The number of hydrogen-bond acceptors (Lipinski definition) is 3. The van der Waals surface area contributed by atoms with E-state index in [2.05, 4.69) is 4.98 Å². The number of hydrogen-bond donors (Lipinski definition) is 1. The molecule has 1 N–H and O–H groups in total. The Balaban J connectivity index is 2.46. The first-order chi connectivity index (χ1) is 10.2. The highest BCUT2D eigenvalue weighted by molar-refractivity contribution is 6.05. The molecular formula is C17H13NO3. The van der Waals surface area contributed by atoms with Crippen LogP contribution >= 0.6 is 0 Å². The zero-order valence-corrected chi connectivity index (χ0v) is 11.4. The van der Waals surface area contributed by atoms with Crippen LogP contribution in [0.1, 0.15) is 10.4 Å². The third-order valence-corrected chi connectivity index (χ3v) is 3.34. The number of nitrogens with zero attached hydrogens (tertiary/aromatic N) is 1. The molecule has 0 bridgehead atoms. The summed E-state index contributed by atoms with van der Waals surface area (Å²) in [5, 5.41) is 10.2. The fraction of sp³-hybridized carbons (Fsp3) is 0.0588. The van der Waals surface area contributed by atoms with Crippen molar-refractivity contribution in [3.05, 3.63) is 60.3 Å². The Hall–Kier alpha value is -2.88. The number of rotatable bonds is 3. The predicted octanol–water partition coefficient (Wildman–Crippen LogP) is 3.61. The molecule has 0 spiro atoms. The van der Waals surface area contributed by atoms with Crippen LogP contribution in [0.5, 0.6) is 5.75 Å². The molecule has 0 atom stereocenters. The largest absolute Gasteiger partial charge is 0.495 e. The maximum Gasteiger partial charge on any atom is 0.339 e. The minimum absolute atomic E-state index is 0.136. The molecule has 4 nitrogen and oxygen atoms in total. The van der Waals surface area contributed by atoms with Gasteiger partial charge in [0.2, 0.25) is 0 Å². The first kappa shape index (κ1) is 13.1. The van der Waals surface area contributed by atoms with E-state index in [1.54, 1.807) is 18.3 Å². The van der Waals surface area contributed by atoms with Crippen LogP contribution in [0.2, 0.25) is 0 Å². The predicted molar refractivity (Wildman–Crippen MR) is 80.7 cm³/mol. The third-order valence-electron chi connectivity index (χ3n) is 3.34. The summed E-state index contributed by atoms with van der Waals surface area (Å²) in [6, 6.07) is 14.8. The van der Waals surface area contributed by atoms with Crippen molar-refractivity contribution in [1.29, 1.82) is 0 Å². The summed E-state index contributed by atoms with van der Waals surface area (Å²) in [4.78, 5) is 15.9. The molecule has 0 unspecified atom stereocenters. The van der Waals surface area contributed by atoms with Crippen LogP contribution in [0.4, 0.5) is 0 Å². The molecule has 3 rings (SSSR count). The molecule has 3 aromatic rings. The second kappa shape index (κ2) is 5.25. The molecule has 0 fully saturated rings. The Morgan fingerprint density at radius 3 is 2.57 bits per heavy atom. The van der Waals surface area contributed by atoms with Crippen LogP contribution in [0.15, 0.2) is 54.7 Å². The number of benzene rings is 2. The molecule has 21 heavy (non-hydrogen) atoms. The summed E-state index contributed by atoms with van der Waals surface area (Å²) in [7, 11) is 1.48. The molecule has 104 valence electrons. The topological polar surface area (TPSA) is 59.4 Å². The van der Waals surface area contributed by atoms with Crippen LogP contribution < -0.4 is 4.74 Å². The normalized spacial score (nSPS) is 10.5. The van der Waals surface area contributed by atoms with Crippen LogP contribution in [0, 0.1) is 0 Å². The molecule has 2 aromatic carbocycles. The zero-order chi connectivity index (χ0) is 14.8. The third kappa shape index (κ3) is 2.21. The number of carboxylic acids is 1. The Kier molecular flexibility index (Phi) is 3.28. The van der Waals surface area contributed by atoms with Gasteiger partial charge in [0.25, 0.3) is 0 Å². The average Bonchev–Trinajstić information content (AvgIpc) is 2.53. The lowest BCUT2D eigenvalue weighted by Crippen LogP contribution is -2.03. The molecule has 1 aromatic heterocycles. The SMILES string of the molecule is COc1c(C(=O)O)cc2cccnc2c1-c1ccccc1. The molecule has 0 aliphatic carbocycles. The molecular weight excluding hydrogens is 266 g/mol. The number of methoxy groups -OCH3 is 1. The number of aromatic nitrogens is 1. The fourth-order valence-corrected chi connectivity index (χ4v) is 2.45. The lowest BCUT2D eigenvalue weighted by atomic mass is 9.97. The number of pyridine rings is 1. The van der Waals surface area contributed by atoms with Gasteiger partial charge in [0.15, 0.2) is 0 Å². The first-order valence-electron chi connectivity index (χ1n) is 6.47. The maximum atomic E-state index is 11.5. The van der Waals surface area contributed by atoms with E-state index >= 15 is 0 Å². The quantitative estimate of drug-likeness (QED) is 0.795. The number of aromatic carboxylic acids is 1. The van der Waals surface area contributed by atoms with E-state index < -0.39 is 5.97 Å². The second-order valence-corrected chi connectivity index (χ2v) is 4.58. The average molecular weight is 279 g/mol. The van der Waals surface area contributed by atoms with E-state index in [9.17, 15) is 9.90 Å². The van der Waals surface area contributed by atoms with Gasteiger partial charge in [0, 0.05) is 11.6 Å². The van der Waals surface area contributed by atoms with Gasteiger partial charge in [0.05, 0.1) is 18.2 Å². The monoisotopic (exact) mass is 279 g/mol. The van der Waals surface area contributed by atoms with Gasteiger partial charge in [-0.2, -0.15) is 0 Å². The van der Waals surface area contributed by atoms with Crippen molar-refractivity contribution >= 4 is 16.9 Å². The summed E-state index contributed by atoms with van der Waals surface area (Å²) >= 11 is 0. The van der Waals surface area contributed by atoms with Crippen molar-refractivity contribution in [3.8, 4) is 16.9 Å². The molecule has 0 aliphatic heterocycles. The fourth-order valence-electron chi connectivity index (χ4n) is 2.45. The van der Waals surface area contributed by atoms with Crippen molar-refractivity contribution in [2.75, 3.05) is 7.11 Å². The molecule has 0 saturated heterocycles. The van der Waals surface area contributed by atoms with Crippen LogP contribution in [0.25, 0.3) is 22.0 Å². The van der Waals surface area contributed by atoms with Crippen molar-refractivity contribution in [3.63, 3.8) is 0 Å². The molecule has 1 heterocycles. The lowest BCUT2D eigenvalue weighted by Gasteiger charge is -2.14. The summed E-state index contributed by atoms with van der Waals surface area (Å²) in [5.41, 5.74) is 2.44. The molecule has 0 aliphatic rings. The van der Waals surface area contributed by atoms with Gasteiger partial charge < -0.3 is 9.84 Å². The van der Waals surface area contributed by atoms with Gasteiger partial charge >= 0.3 is 5.97 Å². The standard InChI is InChI=1S/C17H13NO3/c1-21-16-13(17(19)20)10-12-8-5-9-18-15(12)14(16)11-6-3-2-4-7-11/h2-10H,1H3,(H,19,20). The van der Waals surface area contributed by atoms with E-state index in [4.69, 9.17) is 4.74 Å². The number of ether oxygens (including phenoxy) is 1. The Bertz CT molecular complexity index is 813. The van der Waals surface area contributed by atoms with Crippen molar-refractivity contribution < 1.29 is 14.6 Å². The van der Waals surface area contributed by atoms with Crippen molar-refractivity contribution in [2.24, 2.45) is 0 Å². The number of carboxylic acid groups (broad SMARTS) is 1. The summed E-state index contributed by atoms with van der Waals surface area (Å²) in [6.07, 6.45) is 1.69. The van der Waals surface area contributed by atoms with Gasteiger partial charge in [-0.05, 0) is 17.7 Å². The minimum Gasteiger partial charge on any atom is -0.495 e. The van der Waals surface area contributed by atoms with E-state index in [-0.39, 0.29) is 5.56 Å². The molecule has 0 amide bonds. The number of carbonyl (C=O) groups is 1. The summed E-state index contributed by atoms with van der Waals surface area (Å²) < 4.78 is 5.38. The smallest absolute Gasteiger partial charge is 0.339 e. The Morgan fingerprint density at radius 2 is 1.90 bits per heavy atom. The molecule has 4 heteroatoms. The van der Waals surface area contributed by atoms with Crippen molar-refractivity contribution in [2.45, 2.75) is 0 Å². The van der Waals surface area contributed by atoms with Crippen LogP contribution in [0.3, 0.4) is 0 Å². The molecule has 0 saturated carbocycles. The van der Waals surface area contributed by atoms with Gasteiger partial charge in [-0.15, -0.1) is 0 Å². The van der Waals surface area contributed by atoms with Gasteiger partial charge in [-0.25, -0.2) is 4.79 Å². The van der Waals surface area contributed by atoms with Crippen LogP contribution in [-0.2, 0) is 0 Å². The first-order valence-corrected chi connectivity index (χ1v) is 6.47. The second-order valence-electron chi connectivity index (χ2n) is 4.58. The highest BCUT2D eigenvalue weighted by Gasteiger charge is 2.20. The zero-order valence-electron chi connectivity index (χ0n) is 11.4. The molecule has 0 radical (unpaired) electrons. The van der Waals surface area contributed by atoms with E-state index in [1.165, 1.54) is 7.11 Å². The summed E-state index contributed by atoms with van der Waals surface area (Å²) in [5.74, 6) is -0.685. The van der Waals surface area contributed by atoms with Gasteiger partial charge in [-0.3, -0.25) is 4.98 Å². The summed E-state index contributed by atoms with van der Waals surface area (Å²) in [6.45, 7) is 0. The van der Waals surface area contributed by atoms with Gasteiger partial charge in [0.1, 0.15) is 11.3 Å². The van der Waals surface area contributed by atoms with Gasteiger partial charge in [-0.1, -0.05) is 36.4 Å². The van der Waals surface area contributed by atoms with E-state index in [0.29, 0.717) is 11.3 Å². The Morgan fingerprint density at radius 1 is 1.14 bits per heavy atom. The highest BCUT2D eigenvalue weighted by atomic mass is 16.5. The van der Waals surface area contributed by atoms with E-state index in [1.807, 2.05) is 36.4 Å².